The van der Waals surface area contributed by atoms with Crippen LogP contribution in [0.2, 0.25) is 0 Å². The fourth-order valence-corrected chi connectivity index (χ4v) is 7.05. The number of benzene rings is 2. The zero-order valence-corrected chi connectivity index (χ0v) is 20.5. The first-order chi connectivity index (χ1) is 15.9. The van der Waals surface area contributed by atoms with E-state index in [2.05, 4.69) is 21.6 Å². The fraction of sp³-hybridized carbons (Fsp3) is 0.304. The largest absolute Gasteiger partial charge is 0.480 e. The Bertz CT molecular complexity index is 1380. The third-order valence-electron chi connectivity index (χ3n) is 5.32. The summed E-state index contributed by atoms with van der Waals surface area (Å²) < 4.78 is 30.1. The van der Waals surface area contributed by atoms with E-state index in [0.717, 1.165) is 49.6 Å². The van der Waals surface area contributed by atoms with Gasteiger partial charge in [-0.25, -0.2) is 13.4 Å². The lowest BCUT2D eigenvalue weighted by Crippen LogP contribution is -2.42. The predicted octanol–water partition coefficient (Wildman–Crippen LogP) is 5.03. The molecule has 4 rings (SSSR count). The quantitative estimate of drug-likeness (QED) is 0.195. The van der Waals surface area contributed by atoms with Crippen LogP contribution in [0.1, 0.15) is 31.7 Å². The van der Waals surface area contributed by atoms with Gasteiger partial charge in [-0.1, -0.05) is 49.7 Å². The van der Waals surface area contributed by atoms with Crippen molar-refractivity contribution in [2.24, 2.45) is 0 Å². The van der Waals surface area contributed by atoms with E-state index in [1.54, 1.807) is 30.1 Å². The van der Waals surface area contributed by atoms with E-state index in [0.29, 0.717) is 0 Å². The number of hydrogen-bond acceptors (Lipinski definition) is 6. The molecule has 0 fully saturated rings. The molecule has 3 N–H and O–H groups in total. The minimum Gasteiger partial charge on any atom is -0.480 e. The van der Waals surface area contributed by atoms with Gasteiger partial charge in [-0.3, -0.25) is 4.79 Å². The van der Waals surface area contributed by atoms with Crippen LogP contribution in [0.25, 0.3) is 21.1 Å². The normalized spacial score (nSPS) is 13.0. The molecule has 4 aromatic rings. The standard InChI is InChI=1S/C23H25N3O4S3/c1-2-3-6-11-31-23-25-19-10-9-16(13-21(19)32-23)33(29,30)26-20(22(27)28)12-15-14-24-18-8-5-4-7-17(15)18/h4-5,7-10,13-14,20,24,26H,2-3,6,11-12H2,1H3,(H,27,28)/t20-/m1/s1. The number of thiazole rings is 1. The van der Waals surface area contributed by atoms with Gasteiger partial charge in [-0.2, -0.15) is 4.72 Å². The highest BCUT2D eigenvalue weighted by atomic mass is 32.2. The van der Waals surface area contributed by atoms with Gasteiger partial charge in [-0.05, 0) is 36.2 Å². The van der Waals surface area contributed by atoms with E-state index in [1.807, 2.05) is 24.3 Å². The van der Waals surface area contributed by atoms with Gasteiger partial charge in [0.25, 0.3) is 0 Å². The molecule has 33 heavy (non-hydrogen) atoms. The lowest BCUT2D eigenvalue weighted by molar-refractivity contribution is -0.138. The van der Waals surface area contributed by atoms with E-state index in [4.69, 9.17) is 0 Å². The van der Waals surface area contributed by atoms with Crippen molar-refractivity contribution < 1.29 is 18.3 Å². The molecular formula is C23H25N3O4S3. The van der Waals surface area contributed by atoms with E-state index < -0.39 is 22.0 Å². The van der Waals surface area contributed by atoms with Gasteiger partial charge >= 0.3 is 5.97 Å². The Morgan fingerprint density at radius 2 is 2.06 bits per heavy atom. The first-order valence-corrected chi connectivity index (χ1v) is 14.0. The molecule has 7 nitrogen and oxygen atoms in total. The van der Waals surface area contributed by atoms with Gasteiger partial charge in [-0.15, -0.1) is 11.3 Å². The van der Waals surface area contributed by atoms with Gasteiger partial charge in [0, 0.05) is 29.3 Å². The second-order valence-electron chi connectivity index (χ2n) is 7.74. The monoisotopic (exact) mass is 503 g/mol. The first kappa shape index (κ1) is 23.7. The second-order valence-corrected chi connectivity index (χ2v) is 11.8. The number of aromatic amines is 1. The van der Waals surface area contributed by atoms with Gasteiger partial charge in [0.2, 0.25) is 10.0 Å². The summed E-state index contributed by atoms with van der Waals surface area (Å²) in [4.78, 5) is 19.6. The smallest absolute Gasteiger partial charge is 0.322 e. The molecule has 1 atom stereocenters. The third-order valence-corrected chi connectivity index (χ3v) is 9.04. The molecule has 0 amide bonds. The number of thioether (sulfide) groups is 1. The van der Waals surface area contributed by atoms with Crippen LogP contribution in [0.4, 0.5) is 0 Å². The minimum atomic E-state index is -4.04. The Morgan fingerprint density at radius 1 is 1.24 bits per heavy atom. The number of carboxylic acids is 1. The van der Waals surface area contributed by atoms with E-state index in [-0.39, 0.29) is 11.3 Å². The van der Waals surface area contributed by atoms with Crippen LogP contribution >= 0.6 is 23.1 Å². The Hall–Kier alpha value is -2.40. The molecule has 2 heterocycles. The van der Waals surface area contributed by atoms with Crippen LogP contribution in [-0.2, 0) is 21.2 Å². The van der Waals surface area contributed by atoms with Crippen LogP contribution in [-0.4, -0.2) is 41.3 Å². The molecular weight excluding hydrogens is 478 g/mol. The molecule has 2 aromatic heterocycles. The highest BCUT2D eigenvalue weighted by molar-refractivity contribution is 8.01. The van der Waals surface area contributed by atoms with Gasteiger partial charge in [0.05, 0.1) is 15.1 Å². The minimum absolute atomic E-state index is 0.0277. The maximum absolute atomic E-state index is 13.0. The van der Waals surface area contributed by atoms with Crippen LogP contribution in [0, 0.1) is 0 Å². The summed E-state index contributed by atoms with van der Waals surface area (Å²) in [5.41, 5.74) is 2.35. The lowest BCUT2D eigenvalue weighted by Gasteiger charge is -2.14. The summed E-state index contributed by atoms with van der Waals surface area (Å²) in [6, 6.07) is 10.9. The average Bonchev–Trinajstić information content (AvgIpc) is 3.39. The number of sulfonamides is 1. The summed E-state index contributed by atoms with van der Waals surface area (Å²) in [5.74, 6) is -0.248. The van der Waals surface area contributed by atoms with E-state index in [9.17, 15) is 18.3 Å². The highest BCUT2D eigenvalue weighted by Gasteiger charge is 2.27. The molecule has 2 aromatic carbocycles. The maximum Gasteiger partial charge on any atom is 0.322 e. The number of H-pyrrole nitrogens is 1. The number of aromatic nitrogens is 2. The van der Waals surface area contributed by atoms with E-state index >= 15 is 0 Å². The maximum atomic E-state index is 13.0. The Balaban J connectivity index is 1.52. The lowest BCUT2D eigenvalue weighted by atomic mass is 10.1. The summed E-state index contributed by atoms with van der Waals surface area (Å²) >= 11 is 3.13. The Labute approximate surface area is 200 Å². The number of para-hydroxylation sites is 1. The number of nitrogens with zero attached hydrogens (tertiary/aromatic N) is 1. The average molecular weight is 504 g/mol. The van der Waals surface area contributed by atoms with Crippen LogP contribution in [0.15, 0.2) is 57.9 Å². The van der Waals surface area contributed by atoms with Crippen LogP contribution in [0.3, 0.4) is 0 Å². The number of fused-ring (bicyclic) bond motifs is 2. The van der Waals surface area contributed by atoms with Crippen molar-refractivity contribution in [3.63, 3.8) is 0 Å². The Kier molecular flexibility index (Phi) is 7.38. The number of carboxylic acid groups (broad SMARTS) is 1. The molecule has 0 saturated heterocycles. The van der Waals surface area contributed by atoms with E-state index in [1.165, 1.54) is 23.8 Å². The van der Waals surface area contributed by atoms with Gasteiger partial charge < -0.3 is 10.1 Å². The fourth-order valence-electron chi connectivity index (χ4n) is 3.58. The number of nitrogens with one attached hydrogen (secondary N) is 2. The molecule has 0 unspecified atom stereocenters. The van der Waals surface area contributed by atoms with Gasteiger partial charge in [0.15, 0.2) is 4.34 Å². The SMILES string of the molecule is CCCCCSc1nc2ccc(S(=O)(=O)N[C@H](Cc3c[nH]c4ccccc34)C(=O)O)cc2s1. The second kappa shape index (κ2) is 10.3. The topological polar surface area (TPSA) is 112 Å². The van der Waals surface area contributed by atoms with Crippen molar-refractivity contribution in [3.8, 4) is 0 Å². The predicted molar refractivity (Wildman–Crippen MR) is 134 cm³/mol. The molecule has 0 saturated carbocycles. The van der Waals surface area contributed by atoms with Crippen molar-refractivity contribution in [2.45, 2.75) is 47.9 Å². The van der Waals surface area contributed by atoms with Crippen LogP contribution in [0.5, 0.6) is 0 Å². The molecule has 174 valence electrons. The van der Waals surface area contributed by atoms with Crippen molar-refractivity contribution in [3.05, 3.63) is 54.2 Å². The molecule has 0 radical (unpaired) electrons. The van der Waals surface area contributed by atoms with Gasteiger partial charge in [0.1, 0.15) is 6.04 Å². The number of carbonyl (C=O) groups is 1. The first-order valence-electron chi connectivity index (χ1n) is 10.7. The van der Waals surface area contributed by atoms with Crippen LogP contribution < -0.4 is 4.72 Å². The highest BCUT2D eigenvalue weighted by Crippen LogP contribution is 2.31. The molecule has 0 aliphatic rings. The van der Waals surface area contributed by atoms with Crippen molar-refractivity contribution in [1.29, 1.82) is 0 Å². The molecule has 10 heteroatoms. The number of aliphatic carboxylic acids is 1. The zero-order valence-electron chi connectivity index (χ0n) is 18.1. The summed E-state index contributed by atoms with van der Waals surface area (Å²) in [6.07, 6.45) is 5.20. The third kappa shape index (κ3) is 5.57. The number of hydrogen-bond donors (Lipinski definition) is 3. The van der Waals surface area contributed by atoms with Crippen molar-refractivity contribution >= 4 is 60.2 Å². The van der Waals surface area contributed by atoms with Crippen molar-refractivity contribution in [2.75, 3.05) is 5.75 Å². The number of rotatable bonds is 11. The zero-order chi connectivity index (χ0) is 23.4. The van der Waals surface area contributed by atoms with Crippen molar-refractivity contribution in [1.82, 2.24) is 14.7 Å². The molecule has 0 bridgehead atoms. The molecule has 0 spiro atoms. The number of unbranched alkanes of at least 4 members (excludes halogenated alkanes) is 2. The summed E-state index contributed by atoms with van der Waals surface area (Å²) in [5, 5.41) is 10.6. The summed E-state index contributed by atoms with van der Waals surface area (Å²) in [7, 11) is -4.04. The molecule has 0 aliphatic carbocycles. The summed E-state index contributed by atoms with van der Waals surface area (Å²) in [6.45, 7) is 2.16. The Morgan fingerprint density at radius 3 is 2.85 bits per heavy atom. The molecule has 0 aliphatic heterocycles.